The van der Waals surface area contributed by atoms with Crippen molar-refractivity contribution in [3.05, 3.63) is 33.6 Å². The molecule has 2 heterocycles. The molecule has 0 fully saturated rings. The molecule has 0 unspecified atom stereocenters. The number of nitrogens with zero attached hydrogens (tertiary/aromatic N) is 2. The predicted octanol–water partition coefficient (Wildman–Crippen LogP) is 0.893. The Labute approximate surface area is 71.9 Å². The van der Waals surface area contributed by atoms with Gasteiger partial charge in [-0.25, -0.2) is 9.97 Å². The fourth-order valence-electron chi connectivity index (χ4n) is 0.821. The van der Waals surface area contributed by atoms with Gasteiger partial charge < -0.3 is 4.98 Å². The number of hydrogen-bond acceptors (Lipinski definition) is 4. The first-order valence-corrected chi connectivity index (χ1v) is 4.24. The highest BCUT2D eigenvalue weighted by Crippen LogP contribution is 2.13. The summed E-state index contributed by atoms with van der Waals surface area (Å²) in [6.07, 6.45) is 2.80. The van der Waals surface area contributed by atoms with Gasteiger partial charge in [0.05, 0.1) is 11.7 Å². The zero-order valence-electron chi connectivity index (χ0n) is 6.02. The Hall–Kier alpha value is -1.49. The maximum atomic E-state index is 10.7. The summed E-state index contributed by atoms with van der Waals surface area (Å²) in [5.41, 5.74) is 3.00. The van der Waals surface area contributed by atoms with E-state index < -0.39 is 0 Å². The van der Waals surface area contributed by atoms with E-state index in [0.717, 1.165) is 5.69 Å². The molecule has 0 aliphatic carbocycles. The second kappa shape index (κ2) is 2.86. The second-order valence-electron chi connectivity index (χ2n) is 2.17. The lowest BCUT2D eigenvalue weighted by Gasteiger charge is -1.91. The predicted molar refractivity (Wildman–Crippen MR) is 46.0 cm³/mol. The second-order valence-corrected chi connectivity index (χ2v) is 2.89. The van der Waals surface area contributed by atoms with E-state index >= 15 is 0 Å². The van der Waals surface area contributed by atoms with Crippen LogP contribution in [-0.4, -0.2) is 15.0 Å². The molecule has 0 atom stereocenters. The molecule has 0 saturated carbocycles. The monoisotopic (exact) mass is 179 g/mol. The van der Waals surface area contributed by atoms with Crippen LogP contribution < -0.4 is 5.56 Å². The first-order chi connectivity index (χ1) is 5.86. The summed E-state index contributed by atoms with van der Waals surface area (Å²) >= 11 is 1.50. The van der Waals surface area contributed by atoms with Crippen LogP contribution >= 0.6 is 11.3 Å². The maximum absolute atomic E-state index is 10.7. The van der Waals surface area contributed by atoms with Gasteiger partial charge in [-0.1, -0.05) is 0 Å². The van der Waals surface area contributed by atoms with Crippen molar-refractivity contribution < 1.29 is 0 Å². The minimum Gasteiger partial charge on any atom is -0.326 e. The largest absolute Gasteiger partial charge is 0.326 e. The molecule has 0 saturated heterocycles. The number of aromatic nitrogens is 3. The molecule has 0 aliphatic heterocycles. The number of H-pyrrole nitrogens is 1. The molecule has 60 valence electrons. The fraction of sp³-hybridized carbons (Fsp3) is 0. The molecule has 4 nitrogen and oxygen atoms in total. The molecule has 0 radical (unpaired) electrons. The number of rotatable bonds is 1. The van der Waals surface area contributed by atoms with Gasteiger partial charge in [0.2, 0.25) is 0 Å². The summed E-state index contributed by atoms with van der Waals surface area (Å²) in [6.45, 7) is 0. The fourth-order valence-corrected chi connectivity index (χ4v) is 1.37. The van der Waals surface area contributed by atoms with Gasteiger partial charge in [-0.3, -0.25) is 4.79 Å². The Morgan fingerprint density at radius 2 is 2.25 bits per heavy atom. The first kappa shape index (κ1) is 7.17. The number of aromatic amines is 1. The molecule has 0 spiro atoms. The van der Waals surface area contributed by atoms with E-state index in [1.807, 2.05) is 5.38 Å². The van der Waals surface area contributed by atoms with E-state index in [1.165, 1.54) is 17.5 Å². The van der Waals surface area contributed by atoms with E-state index in [1.54, 1.807) is 11.7 Å². The van der Waals surface area contributed by atoms with Crippen LogP contribution in [0.5, 0.6) is 0 Å². The summed E-state index contributed by atoms with van der Waals surface area (Å²) in [5, 5.41) is 1.88. The summed E-state index contributed by atoms with van der Waals surface area (Å²) in [6, 6.07) is 0. The summed E-state index contributed by atoms with van der Waals surface area (Å²) in [5.74, 6) is 0. The molecule has 0 aromatic carbocycles. The zero-order valence-corrected chi connectivity index (χ0v) is 6.84. The van der Waals surface area contributed by atoms with Crippen molar-refractivity contribution >= 4 is 11.3 Å². The third kappa shape index (κ3) is 1.26. The van der Waals surface area contributed by atoms with E-state index in [0.29, 0.717) is 5.69 Å². The average Bonchev–Trinajstić information content (AvgIpc) is 2.58. The van der Waals surface area contributed by atoms with Crippen molar-refractivity contribution in [2.45, 2.75) is 0 Å². The average molecular weight is 179 g/mol. The zero-order chi connectivity index (χ0) is 8.39. The van der Waals surface area contributed by atoms with Crippen LogP contribution in [0.15, 0.2) is 28.1 Å². The van der Waals surface area contributed by atoms with Crippen LogP contribution in [0.1, 0.15) is 0 Å². The third-order valence-electron chi connectivity index (χ3n) is 1.37. The maximum Gasteiger partial charge on any atom is 0.266 e. The van der Waals surface area contributed by atoms with Crippen LogP contribution in [0, 0.1) is 0 Å². The molecule has 0 bridgehead atoms. The summed E-state index contributed by atoms with van der Waals surface area (Å²) < 4.78 is 0. The van der Waals surface area contributed by atoms with Crippen molar-refractivity contribution in [2.75, 3.05) is 0 Å². The highest BCUT2D eigenvalue weighted by molar-refractivity contribution is 7.07. The smallest absolute Gasteiger partial charge is 0.266 e. The Kier molecular flexibility index (Phi) is 1.71. The minimum atomic E-state index is -0.200. The van der Waals surface area contributed by atoms with E-state index in [4.69, 9.17) is 0 Å². The molecule has 0 aliphatic rings. The van der Waals surface area contributed by atoms with Crippen molar-refractivity contribution in [1.82, 2.24) is 15.0 Å². The standard InChI is InChI=1S/C7H5N3OS/c11-7-2-8-5(1-9-7)6-3-12-4-10-6/h1-4H,(H,9,11). The normalized spacial score (nSPS) is 10.0. The van der Waals surface area contributed by atoms with Crippen LogP contribution in [0.3, 0.4) is 0 Å². The van der Waals surface area contributed by atoms with Gasteiger partial charge in [-0.05, 0) is 0 Å². The van der Waals surface area contributed by atoms with Crippen molar-refractivity contribution in [2.24, 2.45) is 0 Å². The lowest BCUT2D eigenvalue weighted by Crippen LogP contribution is -2.04. The molecule has 5 heteroatoms. The Bertz CT molecular complexity index is 400. The van der Waals surface area contributed by atoms with Crippen LogP contribution in [0.2, 0.25) is 0 Å². The first-order valence-electron chi connectivity index (χ1n) is 3.29. The van der Waals surface area contributed by atoms with E-state index in [2.05, 4.69) is 15.0 Å². The van der Waals surface area contributed by atoms with E-state index in [-0.39, 0.29) is 5.56 Å². The summed E-state index contributed by atoms with van der Waals surface area (Å²) in [7, 11) is 0. The number of nitrogens with one attached hydrogen (secondary N) is 1. The van der Waals surface area contributed by atoms with Gasteiger partial charge in [0.1, 0.15) is 11.4 Å². The lowest BCUT2D eigenvalue weighted by molar-refractivity contribution is 1.13. The highest BCUT2D eigenvalue weighted by atomic mass is 32.1. The van der Waals surface area contributed by atoms with Crippen LogP contribution in [0.4, 0.5) is 0 Å². The molecule has 2 aromatic heterocycles. The van der Waals surface area contributed by atoms with Crippen molar-refractivity contribution in [3.8, 4) is 11.4 Å². The SMILES string of the molecule is O=c1cnc(-c2cscn2)c[nH]1. The third-order valence-corrected chi connectivity index (χ3v) is 1.95. The minimum absolute atomic E-state index is 0.200. The number of thiazole rings is 1. The molecule has 2 rings (SSSR count). The Morgan fingerprint density at radius 3 is 2.83 bits per heavy atom. The lowest BCUT2D eigenvalue weighted by atomic mass is 10.4. The van der Waals surface area contributed by atoms with Crippen LogP contribution in [0.25, 0.3) is 11.4 Å². The van der Waals surface area contributed by atoms with Gasteiger partial charge in [0.15, 0.2) is 0 Å². The van der Waals surface area contributed by atoms with Crippen molar-refractivity contribution in [3.63, 3.8) is 0 Å². The Balaban J connectivity index is 2.49. The highest BCUT2D eigenvalue weighted by Gasteiger charge is 1.99. The molecule has 2 aromatic rings. The van der Waals surface area contributed by atoms with Gasteiger partial charge in [0.25, 0.3) is 5.56 Å². The summed E-state index contributed by atoms with van der Waals surface area (Å²) in [4.78, 5) is 21.2. The molecule has 12 heavy (non-hydrogen) atoms. The molecule has 0 amide bonds. The van der Waals surface area contributed by atoms with Gasteiger partial charge in [-0.2, -0.15) is 0 Å². The molecular formula is C7H5N3OS. The topological polar surface area (TPSA) is 58.6 Å². The van der Waals surface area contributed by atoms with Crippen molar-refractivity contribution in [1.29, 1.82) is 0 Å². The van der Waals surface area contributed by atoms with Crippen LogP contribution in [-0.2, 0) is 0 Å². The quantitative estimate of drug-likeness (QED) is 0.707. The van der Waals surface area contributed by atoms with Gasteiger partial charge >= 0.3 is 0 Å². The molecule has 1 N–H and O–H groups in total. The van der Waals surface area contributed by atoms with Gasteiger partial charge in [0, 0.05) is 11.6 Å². The molecular weight excluding hydrogens is 174 g/mol. The Morgan fingerprint density at radius 1 is 1.33 bits per heavy atom. The van der Waals surface area contributed by atoms with E-state index in [9.17, 15) is 4.79 Å². The number of hydrogen-bond donors (Lipinski definition) is 1. The van der Waals surface area contributed by atoms with Gasteiger partial charge in [-0.15, -0.1) is 11.3 Å².